The van der Waals surface area contributed by atoms with E-state index in [9.17, 15) is 22.0 Å². The number of halogens is 6. The average molecular weight is 495 g/mol. The van der Waals surface area contributed by atoms with Crippen molar-refractivity contribution >= 4 is 10.8 Å². The topological polar surface area (TPSA) is 9.23 Å². The molecule has 0 radical (unpaired) electrons. The molecular weight excluding hydrogens is 466 g/mol. The van der Waals surface area contributed by atoms with Crippen molar-refractivity contribution in [1.82, 2.24) is 0 Å². The highest BCUT2D eigenvalue weighted by atomic mass is 19.4. The minimum Gasteiger partial charge on any atom is -0.399 e. The van der Waals surface area contributed by atoms with Gasteiger partial charge in [-0.25, -0.2) is 13.2 Å². The Morgan fingerprint density at radius 1 is 0.829 bits per heavy atom. The van der Waals surface area contributed by atoms with Crippen molar-refractivity contribution in [3.63, 3.8) is 0 Å². The van der Waals surface area contributed by atoms with Gasteiger partial charge in [0.15, 0.2) is 11.6 Å². The molecule has 0 atom stereocenters. The molecule has 4 rings (SSSR count). The van der Waals surface area contributed by atoms with Crippen molar-refractivity contribution in [3.8, 4) is 16.9 Å². The molecule has 1 fully saturated rings. The first-order valence-electron chi connectivity index (χ1n) is 12.1. The van der Waals surface area contributed by atoms with Gasteiger partial charge in [-0.2, -0.15) is 0 Å². The quantitative estimate of drug-likeness (QED) is 0.297. The van der Waals surface area contributed by atoms with E-state index in [0.717, 1.165) is 24.3 Å². The number of benzene rings is 3. The Labute approximate surface area is 201 Å². The lowest BCUT2D eigenvalue weighted by Crippen LogP contribution is -2.19. The number of alkyl halides is 3. The summed E-state index contributed by atoms with van der Waals surface area (Å²) in [5, 5.41) is 0.941. The Morgan fingerprint density at radius 3 is 2.06 bits per heavy atom. The Hall–Kier alpha value is -2.70. The molecule has 0 saturated heterocycles. The molecule has 0 unspecified atom stereocenters. The van der Waals surface area contributed by atoms with Crippen LogP contribution in [-0.2, 0) is 6.42 Å². The van der Waals surface area contributed by atoms with Crippen LogP contribution >= 0.6 is 0 Å². The standard InChI is InChI=1S/C28H28F6O/c1-2-3-17-4-6-18(7-5-17)8-9-19-10-12-22-20(14-19)11-13-23(26(22)31)21-15-24(29)27(25(30)16-21)35-28(32,33)34/h10-18H,2-9H2,1H3/t17-,18-. The van der Waals surface area contributed by atoms with Crippen LogP contribution in [-0.4, -0.2) is 6.36 Å². The normalized spacial score (nSPS) is 18.7. The van der Waals surface area contributed by atoms with E-state index < -0.39 is 29.6 Å². The van der Waals surface area contributed by atoms with E-state index in [0.29, 0.717) is 23.4 Å². The summed E-state index contributed by atoms with van der Waals surface area (Å²) in [7, 11) is 0. The maximum Gasteiger partial charge on any atom is 0.573 e. The monoisotopic (exact) mass is 494 g/mol. The highest BCUT2D eigenvalue weighted by molar-refractivity contribution is 5.88. The van der Waals surface area contributed by atoms with Crippen LogP contribution in [0.1, 0.15) is 57.4 Å². The Balaban J connectivity index is 1.50. The van der Waals surface area contributed by atoms with Crippen molar-refractivity contribution in [2.75, 3.05) is 0 Å². The fourth-order valence-corrected chi connectivity index (χ4v) is 5.24. The largest absolute Gasteiger partial charge is 0.573 e. The molecule has 3 aromatic rings. The number of hydrogen-bond acceptors (Lipinski definition) is 1. The van der Waals surface area contributed by atoms with Gasteiger partial charge in [0.05, 0.1) is 0 Å². The number of rotatable bonds is 7. The van der Waals surface area contributed by atoms with E-state index in [1.165, 1.54) is 44.6 Å². The molecule has 0 spiro atoms. The zero-order valence-corrected chi connectivity index (χ0v) is 19.5. The van der Waals surface area contributed by atoms with Crippen molar-refractivity contribution in [1.29, 1.82) is 0 Å². The minimum atomic E-state index is -5.25. The molecule has 1 saturated carbocycles. The van der Waals surface area contributed by atoms with Gasteiger partial charge in [0.25, 0.3) is 0 Å². The minimum absolute atomic E-state index is 0.106. The number of aryl methyl sites for hydroxylation is 1. The first-order chi connectivity index (χ1) is 16.6. The van der Waals surface area contributed by atoms with Crippen LogP contribution in [0.15, 0.2) is 42.5 Å². The molecule has 1 nitrogen and oxygen atoms in total. The third kappa shape index (κ3) is 6.11. The summed E-state index contributed by atoms with van der Waals surface area (Å²) in [5.74, 6) is -3.79. The molecule has 35 heavy (non-hydrogen) atoms. The first-order valence-corrected chi connectivity index (χ1v) is 12.1. The zero-order chi connectivity index (χ0) is 25.2. The van der Waals surface area contributed by atoms with Gasteiger partial charge >= 0.3 is 6.36 Å². The summed E-state index contributed by atoms with van der Waals surface area (Å²) in [4.78, 5) is 0. The summed E-state index contributed by atoms with van der Waals surface area (Å²) < 4.78 is 84.1. The third-order valence-electron chi connectivity index (χ3n) is 7.05. The van der Waals surface area contributed by atoms with Crippen LogP contribution in [0.2, 0.25) is 0 Å². The van der Waals surface area contributed by atoms with Gasteiger partial charge in [0, 0.05) is 10.9 Å². The van der Waals surface area contributed by atoms with Gasteiger partial charge in [0.1, 0.15) is 5.82 Å². The highest BCUT2D eigenvalue weighted by Gasteiger charge is 2.34. The van der Waals surface area contributed by atoms with Crippen molar-refractivity contribution in [2.24, 2.45) is 11.8 Å². The average Bonchev–Trinajstić information content (AvgIpc) is 2.81. The van der Waals surface area contributed by atoms with E-state index in [1.807, 2.05) is 12.1 Å². The third-order valence-corrected chi connectivity index (χ3v) is 7.05. The van der Waals surface area contributed by atoms with E-state index >= 15 is 4.39 Å². The van der Waals surface area contributed by atoms with Crippen LogP contribution in [0.3, 0.4) is 0 Å². The molecule has 0 N–H and O–H groups in total. The van der Waals surface area contributed by atoms with E-state index in [-0.39, 0.29) is 16.5 Å². The molecule has 188 valence electrons. The number of hydrogen-bond donors (Lipinski definition) is 0. The smallest absolute Gasteiger partial charge is 0.399 e. The zero-order valence-electron chi connectivity index (χ0n) is 19.5. The second-order valence-electron chi connectivity index (χ2n) is 9.51. The molecule has 7 heteroatoms. The Bertz CT molecular complexity index is 1160. The van der Waals surface area contributed by atoms with Crippen LogP contribution in [0, 0.1) is 29.3 Å². The second-order valence-corrected chi connectivity index (χ2v) is 9.51. The molecule has 1 aliphatic rings. The van der Waals surface area contributed by atoms with Gasteiger partial charge in [-0.15, -0.1) is 13.2 Å². The van der Waals surface area contributed by atoms with Crippen LogP contribution in [0.4, 0.5) is 26.3 Å². The molecule has 3 aromatic carbocycles. The first kappa shape index (κ1) is 25.4. The van der Waals surface area contributed by atoms with Crippen molar-refractivity contribution < 1.29 is 31.1 Å². The molecule has 0 heterocycles. The molecular formula is C28H28F6O. The number of fused-ring (bicyclic) bond motifs is 1. The van der Waals surface area contributed by atoms with E-state index in [2.05, 4.69) is 11.7 Å². The lowest BCUT2D eigenvalue weighted by Gasteiger charge is -2.28. The molecule has 1 aliphatic carbocycles. The lowest BCUT2D eigenvalue weighted by molar-refractivity contribution is -0.276. The number of ether oxygens (including phenoxy) is 1. The van der Waals surface area contributed by atoms with Crippen LogP contribution in [0.25, 0.3) is 21.9 Å². The van der Waals surface area contributed by atoms with Crippen molar-refractivity contribution in [3.05, 3.63) is 65.5 Å². The fraction of sp³-hybridized carbons (Fsp3) is 0.429. The van der Waals surface area contributed by atoms with Crippen molar-refractivity contribution in [2.45, 2.75) is 64.7 Å². The summed E-state index contributed by atoms with van der Waals surface area (Å²) >= 11 is 0. The summed E-state index contributed by atoms with van der Waals surface area (Å²) in [6, 6.07) is 9.75. The van der Waals surface area contributed by atoms with E-state index in [1.54, 1.807) is 12.1 Å². The summed E-state index contributed by atoms with van der Waals surface area (Å²) in [6.07, 6.45) is 4.43. The highest BCUT2D eigenvalue weighted by Crippen LogP contribution is 2.36. The van der Waals surface area contributed by atoms with Gasteiger partial charge in [-0.3, -0.25) is 0 Å². The maximum absolute atomic E-state index is 15.2. The predicted octanol–water partition coefficient (Wildman–Crippen LogP) is 9.36. The van der Waals surface area contributed by atoms with Crippen LogP contribution < -0.4 is 4.74 Å². The Morgan fingerprint density at radius 2 is 1.46 bits per heavy atom. The summed E-state index contributed by atoms with van der Waals surface area (Å²) in [5.41, 5.74) is 0.785. The van der Waals surface area contributed by atoms with E-state index in [4.69, 9.17) is 0 Å². The van der Waals surface area contributed by atoms with Gasteiger partial charge in [0.2, 0.25) is 5.75 Å². The molecule has 0 aromatic heterocycles. The molecule has 0 bridgehead atoms. The van der Waals surface area contributed by atoms with Crippen LogP contribution in [0.5, 0.6) is 5.75 Å². The van der Waals surface area contributed by atoms with Gasteiger partial charge < -0.3 is 4.74 Å². The fourth-order valence-electron chi connectivity index (χ4n) is 5.24. The van der Waals surface area contributed by atoms with Gasteiger partial charge in [-0.05, 0) is 53.3 Å². The lowest BCUT2D eigenvalue weighted by atomic mass is 9.78. The summed E-state index contributed by atoms with van der Waals surface area (Å²) in [6.45, 7) is 2.23. The second kappa shape index (κ2) is 10.5. The Kier molecular flexibility index (Phi) is 7.62. The molecule has 0 amide bonds. The SMILES string of the molecule is CCC[C@H]1CC[C@H](CCc2ccc3c(F)c(-c4cc(F)c(OC(F)(F)F)c(F)c4)ccc3c2)CC1. The maximum atomic E-state index is 15.2. The predicted molar refractivity (Wildman–Crippen MR) is 125 cm³/mol. The molecule has 0 aliphatic heterocycles. The van der Waals surface area contributed by atoms with Gasteiger partial charge in [-0.1, -0.05) is 75.8 Å².